The lowest BCUT2D eigenvalue weighted by atomic mass is 10.0. The van der Waals surface area contributed by atoms with E-state index < -0.39 is 11.7 Å². The van der Waals surface area contributed by atoms with Crippen molar-refractivity contribution in [3.63, 3.8) is 0 Å². The average Bonchev–Trinajstić information content (AvgIpc) is 2.45. The summed E-state index contributed by atoms with van der Waals surface area (Å²) in [4.78, 5) is 12.1. The van der Waals surface area contributed by atoms with Gasteiger partial charge in [-0.15, -0.1) is 0 Å². The fraction of sp³-hybridized carbons (Fsp3) is 0.562. The van der Waals surface area contributed by atoms with Gasteiger partial charge < -0.3 is 15.2 Å². The van der Waals surface area contributed by atoms with Gasteiger partial charge in [0.05, 0.1) is 6.10 Å². The zero-order chi connectivity index (χ0) is 16.0. The number of rotatable bonds is 7. The van der Waals surface area contributed by atoms with Crippen LogP contribution in [0.4, 0.5) is 4.39 Å². The molecule has 1 aromatic carbocycles. The van der Waals surface area contributed by atoms with E-state index in [0.717, 1.165) is 6.42 Å². The first kappa shape index (κ1) is 17.4. The summed E-state index contributed by atoms with van der Waals surface area (Å²) in [6.45, 7) is 7.35. The highest BCUT2D eigenvalue weighted by Gasteiger charge is 2.30. The molecule has 0 aromatic heterocycles. The van der Waals surface area contributed by atoms with E-state index in [1.165, 1.54) is 24.3 Å². The number of benzene rings is 1. The molecule has 0 heterocycles. The molecule has 118 valence electrons. The van der Waals surface area contributed by atoms with E-state index in [1.807, 2.05) is 13.8 Å². The SMILES string of the molecule is CCC(C)C(O)CNC(=O)C(C)(C)Oc1ccc(F)cc1. The molecule has 21 heavy (non-hydrogen) atoms. The minimum Gasteiger partial charge on any atom is -0.478 e. The van der Waals surface area contributed by atoms with Crippen molar-refractivity contribution in [1.29, 1.82) is 0 Å². The van der Waals surface area contributed by atoms with Crippen LogP contribution in [0.2, 0.25) is 0 Å². The van der Waals surface area contributed by atoms with Crippen molar-refractivity contribution in [2.45, 2.75) is 45.8 Å². The quantitative estimate of drug-likeness (QED) is 0.813. The predicted molar refractivity (Wildman–Crippen MR) is 79.6 cm³/mol. The summed E-state index contributed by atoms with van der Waals surface area (Å²) in [6.07, 6.45) is 0.257. The van der Waals surface area contributed by atoms with Crippen LogP contribution in [0.3, 0.4) is 0 Å². The number of amides is 1. The molecule has 0 saturated heterocycles. The van der Waals surface area contributed by atoms with E-state index in [9.17, 15) is 14.3 Å². The Morgan fingerprint density at radius 1 is 1.38 bits per heavy atom. The van der Waals surface area contributed by atoms with Gasteiger partial charge in [-0.3, -0.25) is 4.79 Å². The summed E-state index contributed by atoms with van der Waals surface area (Å²) >= 11 is 0. The van der Waals surface area contributed by atoms with Crippen LogP contribution in [0, 0.1) is 11.7 Å². The highest BCUT2D eigenvalue weighted by Crippen LogP contribution is 2.19. The van der Waals surface area contributed by atoms with Crippen LogP contribution in [0.1, 0.15) is 34.1 Å². The first-order chi connectivity index (χ1) is 9.76. The molecule has 0 aliphatic heterocycles. The van der Waals surface area contributed by atoms with Crippen molar-refractivity contribution in [3.8, 4) is 5.75 Å². The molecule has 0 spiro atoms. The Balaban J connectivity index is 2.56. The zero-order valence-corrected chi connectivity index (χ0v) is 13.0. The van der Waals surface area contributed by atoms with Crippen LogP contribution >= 0.6 is 0 Å². The van der Waals surface area contributed by atoms with E-state index in [1.54, 1.807) is 13.8 Å². The summed E-state index contributed by atoms with van der Waals surface area (Å²) < 4.78 is 18.4. The molecule has 0 saturated carbocycles. The van der Waals surface area contributed by atoms with Crippen molar-refractivity contribution >= 4 is 5.91 Å². The standard InChI is InChI=1S/C16H24FNO3/c1-5-11(2)14(19)10-18-15(20)16(3,4)21-13-8-6-12(17)7-9-13/h6-9,11,14,19H,5,10H2,1-4H3,(H,18,20). The Morgan fingerprint density at radius 2 is 1.95 bits per heavy atom. The van der Waals surface area contributed by atoms with Crippen LogP contribution in [0.25, 0.3) is 0 Å². The van der Waals surface area contributed by atoms with Crippen LogP contribution in [-0.4, -0.2) is 29.3 Å². The molecule has 0 bridgehead atoms. The summed E-state index contributed by atoms with van der Waals surface area (Å²) in [5, 5.41) is 12.5. The summed E-state index contributed by atoms with van der Waals surface area (Å²) in [7, 11) is 0. The van der Waals surface area contributed by atoms with Gasteiger partial charge in [0, 0.05) is 6.54 Å². The van der Waals surface area contributed by atoms with E-state index in [4.69, 9.17) is 4.74 Å². The molecule has 1 amide bonds. The Bertz CT molecular complexity index is 459. The molecule has 2 atom stereocenters. The molecule has 0 radical (unpaired) electrons. The molecule has 1 rings (SSSR count). The second-order valence-electron chi connectivity index (χ2n) is 5.73. The fourth-order valence-corrected chi connectivity index (χ4v) is 1.73. The number of carbonyl (C=O) groups is 1. The largest absolute Gasteiger partial charge is 0.478 e. The minimum absolute atomic E-state index is 0.117. The number of halogens is 1. The topological polar surface area (TPSA) is 58.6 Å². The number of aliphatic hydroxyl groups is 1. The van der Waals surface area contributed by atoms with Crippen molar-refractivity contribution in [3.05, 3.63) is 30.1 Å². The number of carbonyl (C=O) groups excluding carboxylic acids is 1. The van der Waals surface area contributed by atoms with Gasteiger partial charge in [-0.05, 0) is 44.0 Å². The molecule has 4 nitrogen and oxygen atoms in total. The maximum atomic E-state index is 12.8. The lowest BCUT2D eigenvalue weighted by molar-refractivity contribution is -0.134. The molecule has 2 unspecified atom stereocenters. The zero-order valence-electron chi connectivity index (χ0n) is 13.0. The number of nitrogens with one attached hydrogen (secondary N) is 1. The third-order valence-corrected chi connectivity index (χ3v) is 3.51. The van der Waals surface area contributed by atoms with Crippen LogP contribution in [0.5, 0.6) is 5.75 Å². The Hall–Kier alpha value is -1.62. The summed E-state index contributed by atoms with van der Waals surface area (Å²) in [5.74, 6) is -0.152. The Morgan fingerprint density at radius 3 is 2.48 bits per heavy atom. The summed E-state index contributed by atoms with van der Waals surface area (Å²) in [5.41, 5.74) is -1.10. The molecule has 5 heteroatoms. The molecule has 0 aliphatic rings. The molecule has 0 aliphatic carbocycles. The van der Waals surface area contributed by atoms with Crippen molar-refractivity contribution < 1.29 is 19.0 Å². The first-order valence-electron chi connectivity index (χ1n) is 7.17. The number of ether oxygens (including phenoxy) is 1. The van der Waals surface area contributed by atoms with E-state index in [2.05, 4.69) is 5.32 Å². The van der Waals surface area contributed by atoms with Gasteiger partial charge in [0.15, 0.2) is 5.60 Å². The monoisotopic (exact) mass is 297 g/mol. The van der Waals surface area contributed by atoms with Gasteiger partial charge in [0.25, 0.3) is 5.91 Å². The van der Waals surface area contributed by atoms with Gasteiger partial charge in [0.2, 0.25) is 0 Å². The minimum atomic E-state index is -1.10. The third kappa shape index (κ3) is 5.34. The molecule has 2 N–H and O–H groups in total. The first-order valence-corrected chi connectivity index (χ1v) is 7.17. The normalized spacial score (nSPS) is 14.4. The fourth-order valence-electron chi connectivity index (χ4n) is 1.73. The third-order valence-electron chi connectivity index (χ3n) is 3.51. The smallest absolute Gasteiger partial charge is 0.263 e. The van der Waals surface area contributed by atoms with Crippen LogP contribution < -0.4 is 10.1 Å². The number of hydrogen-bond acceptors (Lipinski definition) is 3. The maximum absolute atomic E-state index is 12.8. The van der Waals surface area contributed by atoms with Gasteiger partial charge in [-0.2, -0.15) is 0 Å². The molecular weight excluding hydrogens is 273 g/mol. The van der Waals surface area contributed by atoms with Crippen molar-refractivity contribution in [2.75, 3.05) is 6.54 Å². The van der Waals surface area contributed by atoms with E-state index in [0.29, 0.717) is 5.75 Å². The Kier molecular flexibility index (Phi) is 6.15. The van der Waals surface area contributed by atoms with Crippen LogP contribution in [0.15, 0.2) is 24.3 Å². The molecule has 1 aromatic rings. The lowest BCUT2D eigenvalue weighted by Crippen LogP contribution is -2.49. The molecular formula is C16H24FNO3. The van der Waals surface area contributed by atoms with Crippen LogP contribution in [-0.2, 0) is 4.79 Å². The van der Waals surface area contributed by atoms with Gasteiger partial charge in [-0.1, -0.05) is 20.3 Å². The van der Waals surface area contributed by atoms with Crippen molar-refractivity contribution in [2.24, 2.45) is 5.92 Å². The van der Waals surface area contributed by atoms with E-state index in [-0.39, 0.29) is 24.2 Å². The average molecular weight is 297 g/mol. The lowest BCUT2D eigenvalue weighted by Gasteiger charge is -2.26. The van der Waals surface area contributed by atoms with Gasteiger partial charge in [-0.25, -0.2) is 4.39 Å². The second kappa shape index (κ2) is 7.41. The second-order valence-corrected chi connectivity index (χ2v) is 5.73. The van der Waals surface area contributed by atoms with Gasteiger partial charge >= 0.3 is 0 Å². The highest BCUT2D eigenvalue weighted by atomic mass is 19.1. The maximum Gasteiger partial charge on any atom is 0.263 e. The van der Waals surface area contributed by atoms with E-state index >= 15 is 0 Å². The summed E-state index contributed by atoms with van der Waals surface area (Å²) in [6, 6.07) is 5.49. The number of aliphatic hydroxyl groups excluding tert-OH is 1. The van der Waals surface area contributed by atoms with Crippen molar-refractivity contribution in [1.82, 2.24) is 5.32 Å². The highest BCUT2D eigenvalue weighted by molar-refractivity contribution is 5.84. The Labute approximate surface area is 125 Å². The molecule has 0 fully saturated rings. The number of hydrogen-bond donors (Lipinski definition) is 2. The van der Waals surface area contributed by atoms with Gasteiger partial charge in [0.1, 0.15) is 11.6 Å². The predicted octanol–water partition coefficient (Wildman–Crippen LogP) is 2.51.